The molecule has 0 aliphatic rings. The van der Waals surface area contributed by atoms with Crippen molar-refractivity contribution in [3.05, 3.63) is 34.9 Å². The summed E-state index contributed by atoms with van der Waals surface area (Å²) in [5, 5.41) is 15.7. The number of tetrazole rings is 1. The maximum absolute atomic E-state index is 6.11. The molecule has 0 bridgehead atoms. The first-order chi connectivity index (χ1) is 8.20. The fourth-order valence-corrected chi connectivity index (χ4v) is 1.83. The van der Waals surface area contributed by atoms with E-state index in [1.165, 1.54) is 4.80 Å². The number of likely N-dealkylation sites (N-methyl/N-ethyl adjacent to an activating group) is 1. The number of nitrogens with one attached hydrogen (secondary N) is 1. The molecular formula is C10H13ClN6. The molecule has 0 fully saturated rings. The van der Waals surface area contributed by atoms with Crippen molar-refractivity contribution in [3.63, 3.8) is 0 Å². The molecule has 2 aromatic rings. The summed E-state index contributed by atoms with van der Waals surface area (Å²) >= 11 is 6.11. The van der Waals surface area contributed by atoms with Crippen molar-refractivity contribution >= 4 is 11.6 Å². The third-order valence-electron chi connectivity index (χ3n) is 2.40. The zero-order chi connectivity index (χ0) is 12.3. The predicted molar refractivity (Wildman–Crippen MR) is 63.5 cm³/mol. The van der Waals surface area contributed by atoms with Crippen LogP contribution in [0.4, 0.5) is 0 Å². The van der Waals surface area contributed by atoms with Crippen molar-refractivity contribution in [1.82, 2.24) is 30.5 Å². The smallest absolute Gasteiger partial charge is 0.176 e. The SMILES string of the molecule is CNC(Cc1nnn(C)n1)c1ncccc1Cl. The highest BCUT2D eigenvalue weighted by molar-refractivity contribution is 6.31. The van der Waals surface area contributed by atoms with Gasteiger partial charge in [-0.2, -0.15) is 4.80 Å². The van der Waals surface area contributed by atoms with Crippen LogP contribution in [-0.4, -0.2) is 32.2 Å². The molecule has 0 saturated heterocycles. The van der Waals surface area contributed by atoms with Gasteiger partial charge in [0.05, 0.1) is 23.8 Å². The number of halogens is 1. The molecule has 0 radical (unpaired) electrons. The Bertz CT molecular complexity index is 497. The average molecular weight is 253 g/mol. The van der Waals surface area contributed by atoms with Crippen LogP contribution in [0.15, 0.2) is 18.3 Å². The molecule has 0 saturated carbocycles. The highest BCUT2D eigenvalue weighted by Crippen LogP contribution is 2.21. The van der Waals surface area contributed by atoms with Gasteiger partial charge in [0.25, 0.3) is 0 Å². The summed E-state index contributed by atoms with van der Waals surface area (Å²) in [6.07, 6.45) is 2.32. The number of nitrogens with zero attached hydrogens (tertiary/aromatic N) is 5. The van der Waals surface area contributed by atoms with Gasteiger partial charge in [-0.05, 0) is 24.4 Å². The largest absolute Gasteiger partial charge is 0.311 e. The molecule has 90 valence electrons. The zero-order valence-electron chi connectivity index (χ0n) is 9.63. The van der Waals surface area contributed by atoms with E-state index in [0.29, 0.717) is 17.3 Å². The van der Waals surface area contributed by atoms with Crippen LogP contribution in [0, 0.1) is 0 Å². The average Bonchev–Trinajstić information content (AvgIpc) is 2.73. The molecule has 2 rings (SSSR count). The van der Waals surface area contributed by atoms with E-state index in [2.05, 4.69) is 25.7 Å². The quantitative estimate of drug-likeness (QED) is 0.870. The topological polar surface area (TPSA) is 68.5 Å². The Morgan fingerprint density at radius 3 is 2.94 bits per heavy atom. The fourth-order valence-electron chi connectivity index (χ4n) is 1.58. The molecule has 2 aromatic heterocycles. The third-order valence-corrected chi connectivity index (χ3v) is 2.72. The van der Waals surface area contributed by atoms with Crippen molar-refractivity contribution in [2.75, 3.05) is 7.05 Å². The Morgan fingerprint density at radius 2 is 2.35 bits per heavy atom. The lowest BCUT2D eigenvalue weighted by Gasteiger charge is -2.14. The van der Waals surface area contributed by atoms with Crippen LogP contribution in [0.3, 0.4) is 0 Å². The summed E-state index contributed by atoms with van der Waals surface area (Å²) in [4.78, 5) is 5.71. The van der Waals surface area contributed by atoms with Gasteiger partial charge in [-0.15, -0.1) is 10.2 Å². The normalized spacial score (nSPS) is 12.6. The first kappa shape index (κ1) is 11.9. The van der Waals surface area contributed by atoms with Crippen molar-refractivity contribution in [2.24, 2.45) is 7.05 Å². The van der Waals surface area contributed by atoms with Gasteiger partial charge in [0.2, 0.25) is 0 Å². The lowest BCUT2D eigenvalue weighted by molar-refractivity contribution is 0.557. The van der Waals surface area contributed by atoms with Crippen LogP contribution in [0.5, 0.6) is 0 Å². The van der Waals surface area contributed by atoms with Gasteiger partial charge < -0.3 is 5.32 Å². The van der Waals surface area contributed by atoms with E-state index < -0.39 is 0 Å². The van der Waals surface area contributed by atoms with Crippen molar-refractivity contribution in [1.29, 1.82) is 0 Å². The van der Waals surface area contributed by atoms with Gasteiger partial charge in [0.1, 0.15) is 0 Å². The number of hydrogen-bond donors (Lipinski definition) is 1. The van der Waals surface area contributed by atoms with Crippen LogP contribution in [0.1, 0.15) is 17.6 Å². The second kappa shape index (κ2) is 5.20. The molecule has 1 unspecified atom stereocenters. The maximum atomic E-state index is 6.11. The number of aromatic nitrogens is 5. The van der Waals surface area contributed by atoms with Crippen molar-refractivity contribution in [2.45, 2.75) is 12.5 Å². The van der Waals surface area contributed by atoms with Crippen molar-refractivity contribution in [3.8, 4) is 0 Å². The van der Waals surface area contributed by atoms with Crippen LogP contribution < -0.4 is 5.32 Å². The fraction of sp³-hybridized carbons (Fsp3) is 0.400. The molecule has 7 heteroatoms. The molecule has 2 heterocycles. The highest BCUT2D eigenvalue weighted by Gasteiger charge is 2.17. The standard InChI is InChI=1S/C10H13ClN6/c1-12-8(6-9-14-16-17(2)15-9)10-7(11)4-3-5-13-10/h3-5,8,12H,6H2,1-2H3. The van der Waals surface area contributed by atoms with Gasteiger partial charge in [-0.25, -0.2) is 0 Å². The highest BCUT2D eigenvalue weighted by atomic mass is 35.5. The minimum Gasteiger partial charge on any atom is -0.311 e. The molecule has 1 N–H and O–H groups in total. The lowest BCUT2D eigenvalue weighted by atomic mass is 10.1. The Kier molecular flexibility index (Phi) is 3.65. The molecule has 0 amide bonds. The Balaban J connectivity index is 2.20. The van der Waals surface area contributed by atoms with Crippen LogP contribution in [0.25, 0.3) is 0 Å². The predicted octanol–water partition coefficient (Wildman–Crippen LogP) is 0.762. The van der Waals surface area contributed by atoms with E-state index in [0.717, 1.165) is 5.69 Å². The molecule has 0 aromatic carbocycles. The molecule has 0 spiro atoms. The molecular weight excluding hydrogens is 240 g/mol. The van der Waals surface area contributed by atoms with E-state index in [1.54, 1.807) is 19.3 Å². The van der Waals surface area contributed by atoms with Crippen LogP contribution >= 0.6 is 11.6 Å². The van der Waals surface area contributed by atoms with Gasteiger partial charge in [-0.3, -0.25) is 4.98 Å². The first-order valence-electron chi connectivity index (χ1n) is 5.21. The summed E-state index contributed by atoms with van der Waals surface area (Å²) in [5.74, 6) is 0.661. The minimum atomic E-state index is -0.0205. The maximum Gasteiger partial charge on any atom is 0.176 e. The second-order valence-electron chi connectivity index (χ2n) is 3.61. The number of hydrogen-bond acceptors (Lipinski definition) is 5. The Hall–Kier alpha value is -1.53. The summed E-state index contributed by atoms with van der Waals surface area (Å²) in [6, 6.07) is 3.60. The van der Waals surface area contributed by atoms with Gasteiger partial charge in [0, 0.05) is 12.6 Å². The summed E-state index contributed by atoms with van der Waals surface area (Å²) in [5.41, 5.74) is 0.795. The zero-order valence-corrected chi connectivity index (χ0v) is 10.4. The van der Waals surface area contributed by atoms with Crippen LogP contribution in [0.2, 0.25) is 5.02 Å². The third kappa shape index (κ3) is 2.78. The number of pyridine rings is 1. The van der Waals surface area contributed by atoms with Gasteiger partial charge >= 0.3 is 0 Å². The Morgan fingerprint density at radius 1 is 1.53 bits per heavy atom. The summed E-state index contributed by atoms with van der Waals surface area (Å²) < 4.78 is 0. The van der Waals surface area contributed by atoms with E-state index >= 15 is 0 Å². The molecule has 0 aliphatic heterocycles. The van der Waals surface area contributed by atoms with Crippen LogP contribution in [-0.2, 0) is 13.5 Å². The van der Waals surface area contributed by atoms with E-state index in [9.17, 15) is 0 Å². The lowest BCUT2D eigenvalue weighted by Crippen LogP contribution is -2.21. The summed E-state index contributed by atoms with van der Waals surface area (Å²) in [6.45, 7) is 0. The van der Waals surface area contributed by atoms with E-state index in [-0.39, 0.29) is 6.04 Å². The molecule has 6 nitrogen and oxygen atoms in total. The Labute approximate surface area is 104 Å². The first-order valence-corrected chi connectivity index (χ1v) is 5.59. The van der Waals surface area contributed by atoms with E-state index in [4.69, 9.17) is 11.6 Å². The number of rotatable bonds is 4. The van der Waals surface area contributed by atoms with E-state index in [1.807, 2.05) is 13.1 Å². The molecule has 1 atom stereocenters. The number of aryl methyl sites for hydroxylation is 1. The van der Waals surface area contributed by atoms with Gasteiger partial charge in [-0.1, -0.05) is 11.6 Å². The monoisotopic (exact) mass is 252 g/mol. The van der Waals surface area contributed by atoms with Gasteiger partial charge in [0.15, 0.2) is 5.82 Å². The molecule has 17 heavy (non-hydrogen) atoms. The minimum absolute atomic E-state index is 0.0205. The van der Waals surface area contributed by atoms with Crippen molar-refractivity contribution < 1.29 is 0 Å². The second-order valence-corrected chi connectivity index (χ2v) is 4.02. The summed E-state index contributed by atoms with van der Waals surface area (Å²) in [7, 11) is 3.59. The molecule has 0 aliphatic carbocycles.